The molecule has 0 bridgehead atoms. The Hall–Kier alpha value is -2.68. The number of carbonyl (C=O) groups is 2. The van der Waals surface area contributed by atoms with Crippen LogP contribution in [0.25, 0.3) is 0 Å². The molecular weight excluding hydrogens is 361 g/mol. The molecule has 3 rings (SSSR count). The third-order valence-corrected chi connectivity index (χ3v) is 4.74. The maximum Gasteiger partial charge on any atom is 0.413 e. The number of hydrogen-bond donors (Lipinski definition) is 1. The van der Waals surface area contributed by atoms with Crippen molar-refractivity contribution < 1.29 is 23.5 Å². The first-order valence-electron chi connectivity index (χ1n) is 8.13. The largest absolute Gasteiger partial charge is 0.484 e. The number of amides is 2. The maximum absolute atomic E-state index is 12.9. The standard InChI is InChI=1S/C17H18FN3O4S/c1-2-24-17(23)20-16-19-13-7-8-21(9-14(13)26-16)15(22)10-25-12-5-3-11(18)4-6-12/h3-6H,2,7-10H2,1H3,(H,19,20,23). The first-order chi connectivity index (χ1) is 12.5. The van der Waals surface area contributed by atoms with Gasteiger partial charge in [-0.15, -0.1) is 0 Å². The smallest absolute Gasteiger partial charge is 0.413 e. The average molecular weight is 379 g/mol. The summed E-state index contributed by atoms with van der Waals surface area (Å²) in [5, 5.41) is 3.05. The molecule has 2 heterocycles. The zero-order valence-electron chi connectivity index (χ0n) is 14.2. The number of thiazole rings is 1. The topological polar surface area (TPSA) is 80.8 Å². The van der Waals surface area contributed by atoms with Crippen molar-refractivity contribution in [3.8, 4) is 5.75 Å². The lowest BCUT2D eigenvalue weighted by Gasteiger charge is -2.26. The number of carbonyl (C=O) groups excluding carboxylic acids is 2. The molecule has 2 amide bonds. The van der Waals surface area contributed by atoms with E-state index < -0.39 is 6.09 Å². The highest BCUT2D eigenvalue weighted by molar-refractivity contribution is 7.15. The zero-order valence-corrected chi connectivity index (χ0v) is 15.0. The Labute approximate surface area is 153 Å². The van der Waals surface area contributed by atoms with Gasteiger partial charge < -0.3 is 14.4 Å². The molecule has 1 aromatic carbocycles. The highest BCUT2D eigenvalue weighted by atomic mass is 32.1. The molecule has 1 aliphatic heterocycles. The molecule has 0 saturated carbocycles. The van der Waals surface area contributed by atoms with Gasteiger partial charge in [-0.2, -0.15) is 0 Å². The second-order valence-corrected chi connectivity index (χ2v) is 6.63. The number of benzene rings is 1. The first kappa shape index (κ1) is 18.1. The minimum Gasteiger partial charge on any atom is -0.484 e. The summed E-state index contributed by atoms with van der Waals surface area (Å²) in [5.74, 6) is -0.0749. The van der Waals surface area contributed by atoms with E-state index in [1.807, 2.05) is 0 Å². The van der Waals surface area contributed by atoms with Crippen LogP contribution in [0.3, 0.4) is 0 Å². The number of anilines is 1. The molecule has 0 aliphatic carbocycles. The molecule has 26 heavy (non-hydrogen) atoms. The number of aromatic nitrogens is 1. The van der Waals surface area contributed by atoms with Crippen molar-refractivity contribution in [3.63, 3.8) is 0 Å². The Bertz CT molecular complexity index is 794. The summed E-state index contributed by atoms with van der Waals surface area (Å²) in [4.78, 5) is 30.8. The number of rotatable bonds is 5. The van der Waals surface area contributed by atoms with Gasteiger partial charge in [0.1, 0.15) is 11.6 Å². The van der Waals surface area contributed by atoms with Crippen LogP contribution in [-0.4, -0.2) is 41.6 Å². The number of halogens is 1. The number of nitrogens with zero attached hydrogens (tertiary/aromatic N) is 2. The fourth-order valence-corrected chi connectivity index (χ4v) is 3.49. The summed E-state index contributed by atoms with van der Waals surface area (Å²) >= 11 is 1.33. The Morgan fingerprint density at radius 2 is 2.12 bits per heavy atom. The van der Waals surface area contributed by atoms with E-state index in [1.165, 1.54) is 35.6 Å². The van der Waals surface area contributed by atoms with Crippen molar-refractivity contribution in [1.82, 2.24) is 9.88 Å². The minimum absolute atomic E-state index is 0.117. The van der Waals surface area contributed by atoms with E-state index in [0.717, 1.165) is 10.6 Å². The minimum atomic E-state index is -0.542. The van der Waals surface area contributed by atoms with Gasteiger partial charge >= 0.3 is 6.09 Å². The normalized spacial score (nSPS) is 13.1. The van der Waals surface area contributed by atoms with Crippen molar-refractivity contribution in [3.05, 3.63) is 40.7 Å². The predicted molar refractivity (Wildman–Crippen MR) is 93.8 cm³/mol. The van der Waals surface area contributed by atoms with Gasteiger partial charge in [-0.05, 0) is 31.2 Å². The van der Waals surface area contributed by atoms with Gasteiger partial charge in [0.15, 0.2) is 11.7 Å². The van der Waals surface area contributed by atoms with Crippen LogP contribution in [0, 0.1) is 5.82 Å². The predicted octanol–water partition coefficient (Wildman–Crippen LogP) is 2.81. The summed E-state index contributed by atoms with van der Waals surface area (Å²) in [7, 11) is 0. The maximum atomic E-state index is 12.9. The highest BCUT2D eigenvalue weighted by Gasteiger charge is 2.25. The van der Waals surface area contributed by atoms with Crippen molar-refractivity contribution >= 4 is 28.5 Å². The molecule has 0 atom stereocenters. The van der Waals surface area contributed by atoms with Gasteiger partial charge in [0.2, 0.25) is 0 Å². The Balaban J connectivity index is 1.55. The molecule has 1 aliphatic rings. The van der Waals surface area contributed by atoms with Crippen LogP contribution >= 0.6 is 11.3 Å². The lowest BCUT2D eigenvalue weighted by Crippen LogP contribution is -2.38. The molecule has 0 radical (unpaired) electrons. The third-order valence-electron chi connectivity index (χ3n) is 3.74. The van der Waals surface area contributed by atoms with E-state index in [2.05, 4.69) is 10.3 Å². The summed E-state index contributed by atoms with van der Waals surface area (Å²) < 4.78 is 23.1. The van der Waals surface area contributed by atoms with E-state index >= 15 is 0 Å². The average Bonchev–Trinajstić information content (AvgIpc) is 3.02. The Morgan fingerprint density at radius 1 is 1.35 bits per heavy atom. The van der Waals surface area contributed by atoms with E-state index in [0.29, 0.717) is 30.4 Å². The SMILES string of the molecule is CCOC(=O)Nc1nc2c(s1)CN(C(=O)COc1ccc(F)cc1)CC2. The lowest BCUT2D eigenvalue weighted by atomic mass is 10.2. The van der Waals surface area contributed by atoms with Crippen LogP contribution in [0.2, 0.25) is 0 Å². The molecule has 9 heteroatoms. The highest BCUT2D eigenvalue weighted by Crippen LogP contribution is 2.28. The van der Waals surface area contributed by atoms with Crippen molar-refractivity contribution in [2.75, 3.05) is 25.1 Å². The van der Waals surface area contributed by atoms with Crippen LogP contribution in [0.5, 0.6) is 5.75 Å². The summed E-state index contributed by atoms with van der Waals surface area (Å²) in [6, 6.07) is 5.52. The van der Waals surface area contributed by atoms with E-state index in [9.17, 15) is 14.0 Å². The van der Waals surface area contributed by atoms with Crippen LogP contribution in [0.15, 0.2) is 24.3 Å². The van der Waals surface area contributed by atoms with Gasteiger partial charge in [-0.1, -0.05) is 11.3 Å². The molecule has 0 spiro atoms. The quantitative estimate of drug-likeness (QED) is 0.864. The van der Waals surface area contributed by atoms with Gasteiger partial charge in [-0.25, -0.2) is 14.2 Å². The Kier molecular flexibility index (Phi) is 5.67. The van der Waals surface area contributed by atoms with Gasteiger partial charge in [0, 0.05) is 17.8 Å². The number of fused-ring (bicyclic) bond motifs is 1. The van der Waals surface area contributed by atoms with Crippen LogP contribution in [0.1, 0.15) is 17.5 Å². The molecule has 0 saturated heterocycles. The van der Waals surface area contributed by atoms with E-state index in [1.54, 1.807) is 11.8 Å². The van der Waals surface area contributed by atoms with Gasteiger partial charge in [0.25, 0.3) is 5.91 Å². The second kappa shape index (κ2) is 8.13. The molecule has 0 unspecified atom stereocenters. The fraction of sp³-hybridized carbons (Fsp3) is 0.353. The van der Waals surface area contributed by atoms with Crippen molar-refractivity contribution in [2.24, 2.45) is 0 Å². The van der Waals surface area contributed by atoms with Crippen LogP contribution in [0.4, 0.5) is 14.3 Å². The van der Waals surface area contributed by atoms with Gasteiger partial charge in [0.05, 0.1) is 18.8 Å². The Morgan fingerprint density at radius 3 is 2.85 bits per heavy atom. The molecule has 138 valence electrons. The third kappa shape index (κ3) is 4.48. The monoisotopic (exact) mass is 379 g/mol. The summed E-state index contributed by atoms with van der Waals surface area (Å²) in [6.07, 6.45) is 0.0674. The fourth-order valence-electron chi connectivity index (χ4n) is 2.48. The molecule has 1 N–H and O–H groups in total. The molecule has 7 nitrogen and oxygen atoms in total. The molecule has 2 aromatic rings. The molecular formula is C17H18FN3O4S. The zero-order chi connectivity index (χ0) is 18.5. The summed E-state index contributed by atoms with van der Waals surface area (Å²) in [5.41, 5.74) is 0.880. The second-order valence-electron chi connectivity index (χ2n) is 5.54. The number of nitrogens with one attached hydrogen (secondary N) is 1. The van der Waals surface area contributed by atoms with Crippen molar-refractivity contribution in [1.29, 1.82) is 0 Å². The number of hydrogen-bond acceptors (Lipinski definition) is 6. The van der Waals surface area contributed by atoms with Crippen LogP contribution in [-0.2, 0) is 22.5 Å². The molecule has 1 aromatic heterocycles. The van der Waals surface area contributed by atoms with Crippen LogP contribution < -0.4 is 10.1 Å². The lowest BCUT2D eigenvalue weighted by molar-refractivity contribution is -0.134. The summed E-state index contributed by atoms with van der Waals surface area (Å²) in [6.45, 7) is 2.84. The van der Waals surface area contributed by atoms with Gasteiger partial charge in [-0.3, -0.25) is 10.1 Å². The van der Waals surface area contributed by atoms with Crippen molar-refractivity contribution in [2.45, 2.75) is 19.9 Å². The molecule has 0 fully saturated rings. The van der Waals surface area contributed by atoms with E-state index in [-0.39, 0.29) is 24.9 Å². The van der Waals surface area contributed by atoms with E-state index in [4.69, 9.17) is 9.47 Å². The first-order valence-corrected chi connectivity index (χ1v) is 8.95. The number of ether oxygens (including phenoxy) is 2.